The Morgan fingerprint density at radius 2 is 1.74 bits per heavy atom. The van der Waals surface area contributed by atoms with Crippen molar-refractivity contribution in [2.45, 2.75) is 11.2 Å². The van der Waals surface area contributed by atoms with Gasteiger partial charge in [0.25, 0.3) is 0 Å². The summed E-state index contributed by atoms with van der Waals surface area (Å²) in [5, 5.41) is 8.19. The fraction of sp³-hybridized carbons (Fsp3) is 0.0714. The first-order valence-electron chi connectivity index (χ1n) is 6.39. The molecule has 3 rings (SSSR count). The van der Waals surface area contributed by atoms with E-state index in [2.05, 4.69) is 5.32 Å². The van der Waals surface area contributed by atoms with E-state index in [1.807, 2.05) is 0 Å². The number of rotatable bonds is 3. The highest BCUT2D eigenvalue weighted by Gasteiger charge is 2.31. The summed E-state index contributed by atoms with van der Waals surface area (Å²) < 4.78 is 33.3. The standard InChI is InChI=1S/C14H11ClN2O5S/c15-8-1-3-9(4-2-8)17-13(18)14-21-11-6-5-10(23(16,19)20)7-12(11)22-14/h1-7,14H,(H,17,18)(H2,16,19,20). The number of nitrogens with one attached hydrogen (secondary N) is 1. The Morgan fingerprint density at radius 1 is 1.09 bits per heavy atom. The number of hydrogen-bond acceptors (Lipinski definition) is 5. The Morgan fingerprint density at radius 3 is 2.39 bits per heavy atom. The third-order valence-corrected chi connectivity index (χ3v) is 4.20. The van der Waals surface area contributed by atoms with E-state index in [0.717, 1.165) is 0 Å². The van der Waals surface area contributed by atoms with Crippen LogP contribution in [0, 0.1) is 0 Å². The lowest BCUT2D eigenvalue weighted by atomic mass is 10.3. The van der Waals surface area contributed by atoms with Gasteiger partial charge in [-0.15, -0.1) is 0 Å². The van der Waals surface area contributed by atoms with E-state index in [0.29, 0.717) is 10.7 Å². The molecule has 0 spiro atoms. The van der Waals surface area contributed by atoms with Gasteiger partial charge in [-0.2, -0.15) is 0 Å². The highest BCUT2D eigenvalue weighted by molar-refractivity contribution is 7.89. The monoisotopic (exact) mass is 354 g/mol. The Balaban J connectivity index is 1.74. The van der Waals surface area contributed by atoms with Crippen molar-refractivity contribution in [3.8, 4) is 11.5 Å². The van der Waals surface area contributed by atoms with Crippen LogP contribution in [0.25, 0.3) is 0 Å². The molecule has 0 radical (unpaired) electrons. The number of carbonyl (C=O) groups excluding carboxylic acids is 1. The van der Waals surface area contributed by atoms with Crippen LogP contribution >= 0.6 is 11.6 Å². The highest BCUT2D eigenvalue weighted by Crippen LogP contribution is 2.36. The molecule has 0 saturated heterocycles. The zero-order chi connectivity index (χ0) is 16.6. The molecule has 2 aromatic rings. The van der Waals surface area contributed by atoms with Crippen molar-refractivity contribution in [2.75, 3.05) is 5.32 Å². The number of carbonyl (C=O) groups is 1. The summed E-state index contributed by atoms with van der Waals surface area (Å²) in [6.07, 6.45) is -1.23. The van der Waals surface area contributed by atoms with Crippen LogP contribution in [0.2, 0.25) is 5.02 Å². The van der Waals surface area contributed by atoms with Gasteiger partial charge in [0.15, 0.2) is 11.5 Å². The van der Waals surface area contributed by atoms with E-state index in [1.165, 1.54) is 18.2 Å². The minimum absolute atomic E-state index is 0.126. The summed E-state index contributed by atoms with van der Waals surface area (Å²) in [7, 11) is -3.86. The predicted molar refractivity (Wildman–Crippen MR) is 82.9 cm³/mol. The van der Waals surface area contributed by atoms with Crippen LogP contribution in [0.1, 0.15) is 0 Å². The van der Waals surface area contributed by atoms with E-state index < -0.39 is 22.2 Å². The average molecular weight is 355 g/mol. The maximum atomic E-state index is 12.1. The van der Waals surface area contributed by atoms with Crippen LogP contribution in [-0.2, 0) is 14.8 Å². The molecule has 120 valence electrons. The van der Waals surface area contributed by atoms with Gasteiger partial charge in [0.2, 0.25) is 10.0 Å². The van der Waals surface area contributed by atoms with Gasteiger partial charge in [-0.25, -0.2) is 13.6 Å². The fourth-order valence-corrected chi connectivity index (χ4v) is 2.61. The number of nitrogens with two attached hydrogens (primary N) is 1. The first kappa shape index (κ1) is 15.6. The van der Waals surface area contributed by atoms with Crippen LogP contribution in [0.5, 0.6) is 11.5 Å². The van der Waals surface area contributed by atoms with E-state index in [9.17, 15) is 13.2 Å². The largest absolute Gasteiger partial charge is 0.442 e. The fourth-order valence-electron chi connectivity index (χ4n) is 1.95. The van der Waals surface area contributed by atoms with E-state index in [4.69, 9.17) is 26.2 Å². The molecule has 23 heavy (non-hydrogen) atoms. The van der Waals surface area contributed by atoms with Crippen molar-refractivity contribution in [3.63, 3.8) is 0 Å². The quantitative estimate of drug-likeness (QED) is 0.872. The molecule has 0 saturated carbocycles. The van der Waals surface area contributed by atoms with Gasteiger partial charge in [0.05, 0.1) is 4.90 Å². The molecular formula is C14H11ClN2O5S. The second kappa shape index (κ2) is 5.73. The Labute approximate surface area is 137 Å². The maximum absolute atomic E-state index is 12.1. The van der Waals surface area contributed by atoms with Gasteiger partial charge in [-0.1, -0.05) is 11.6 Å². The number of halogens is 1. The lowest BCUT2D eigenvalue weighted by Crippen LogP contribution is -2.34. The molecule has 1 unspecified atom stereocenters. The predicted octanol–water partition coefficient (Wildman–Crippen LogP) is 1.72. The SMILES string of the molecule is NS(=O)(=O)c1ccc2c(c1)OC(C(=O)Nc1ccc(Cl)cc1)O2. The molecule has 3 N–H and O–H groups in total. The van der Waals surface area contributed by atoms with Crippen molar-refractivity contribution < 1.29 is 22.7 Å². The van der Waals surface area contributed by atoms with Crippen molar-refractivity contribution in [3.05, 3.63) is 47.5 Å². The van der Waals surface area contributed by atoms with E-state index >= 15 is 0 Å². The number of ether oxygens (including phenoxy) is 2. The average Bonchev–Trinajstić information content (AvgIpc) is 2.92. The zero-order valence-corrected chi connectivity index (χ0v) is 13.1. The first-order chi connectivity index (χ1) is 10.8. The maximum Gasteiger partial charge on any atom is 0.322 e. The summed E-state index contributed by atoms with van der Waals surface area (Å²) >= 11 is 5.77. The van der Waals surface area contributed by atoms with Crippen LogP contribution in [0.15, 0.2) is 47.4 Å². The molecular weight excluding hydrogens is 344 g/mol. The molecule has 1 amide bonds. The van der Waals surface area contributed by atoms with Gasteiger partial charge in [-0.3, -0.25) is 4.79 Å². The van der Waals surface area contributed by atoms with Crippen LogP contribution < -0.4 is 19.9 Å². The van der Waals surface area contributed by atoms with Gasteiger partial charge in [0.1, 0.15) is 0 Å². The summed E-state index contributed by atoms with van der Waals surface area (Å²) in [5.74, 6) is -0.151. The van der Waals surface area contributed by atoms with Crippen LogP contribution in [0.4, 0.5) is 5.69 Å². The smallest absolute Gasteiger partial charge is 0.322 e. The van der Waals surface area contributed by atoms with E-state index in [1.54, 1.807) is 24.3 Å². The third-order valence-electron chi connectivity index (χ3n) is 3.04. The third kappa shape index (κ3) is 3.39. The Kier molecular flexibility index (Phi) is 3.88. The number of primary sulfonamides is 1. The molecule has 1 atom stereocenters. The molecule has 0 fully saturated rings. The molecule has 1 aliphatic heterocycles. The Bertz CT molecular complexity index is 867. The first-order valence-corrected chi connectivity index (χ1v) is 8.32. The lowest BCUT2D eigenvalue weighted by Gasteiger charge is -2.10. The second-order valence-electron chi connectivity index (χ2n) is 4.72. The summed E-state index contributed by atoms with van der Waals surface area (Å²) in [6, 6.07) is 10.4. The van der Waals surface area contributed by atoms with Gasteiger partial charge in [0, 0.05) is 16.8 Å². The Hall–Kier alpha value is -2.29. The van der Waals surface area contributed by atoms with Crippen molar-refractivity contribution in [1.82, 2.24) is 0 Å². The lowest BCUT2D eigenvalue weighted by molar-refractivity contribution is -0.131. The number of hydrogen-bond donors (Lipinski definition) is 2. The molecule has 2 aromatic carbocycles. The van der Waals surface area contributed by atoms with Gasteiger partial charge >= 0.3 is 12.2 Å². The van der Waals surface area contributed by atoms with Gasteiger partial charge < -0.3 is 14.8 Å². The van der Waals surface area contributed by atoms with Crippen LogP contribution in [0.3, 0.4) is 0 Å². The normalized spacial score (nSPS) is 16.2. The molecule has 1 aliphatic rings. The van der Waals surface area contributed by atoms with E-state index in [-0.39, 0.29) is 16.4 Å². The number of benzene rings is 2. The highest BCUT2D eigenvalue weighted by atomic mass is 35.5. The minimum Gasteiger partial charge on any atom is -0.442 e. The topological polar surface area (TPSA) is 108 Å². The zero-order valence-electron chi connectivity index (χ0n) is 11.5. The number of fused-ring (bicyclic) bond motifs is 1. The van der Waals surface area contributed by atoms with Crippen molar-refractivity contribution >= 4 is 33.2 Å². The molecule has 9 heteroatoms. The van der Waals surface area contributed by atoms with Crippen LogP contribution in [-0.4, -0.2) is 20.6 Å². The van der Waals surface area contributed by atoms with Crippen molar-refractivity contribution in [2.24, 2.45) is 5.14 Å². The second-order valence-corrected chi connectivity index (χ2v) is 6.72. The molecule has 1 heterocycles. The molecule has 0 bridgehead atoms. The summed E-state index contributed by atoms with van der Waals surface area (Å²) in [5.41, 5.74) is 0.521. The number of sulfonamides is 1. The molecule has 7 nitrogen and oxygen atoms in total. The number of amides is 1. The summed E-state index contributed by atoms with van der Waals surface area (Å²) in [6.45, 7) is 0. The minimum atomic E-state index is -3.86. The molecule has 0 aliphatic carbocycles. The molecule has 0 aromatic heterocycles. The summed E-state index contributed by atoms with van der Waals surface area (Å²) in [4.78, 5) is 12.0. The number of anilines is 1. The van der Waals surface area contributed by atoms with Gasteiger partial charge in [-0.05, 0) is 36.4 Å². The van der Waals surface area contributed by atoms with Crippen molar-refractivity contribution in [1.29, 1.82) is 0 Å².